The third-order valence-corrected chi connectivity index (χ3v) is 3.94. The molecule has 5 heteroatoms. The summed E-state index contributed by atoms with van der Waals surface area (Å²) in [4.78, 5) is 16.3. The first kappa shape index (κ1) is 14.3. The molecule has 0 spiro atoms. The van der Waals surface area contributed by atoms with Crippen LogP contribution in [0.3, 0.4) is 0 Å². The summed E-state index contributed by atoms with van der Waals surface area (Å²) in [5.74, 6) is -0.173. The van der Waals surface area contributed by atoms with Crippen LogP contribution < -0.4 is 5.32 Å². The summed E-state index contributed by atoms with van der Waals surface area (Å²) in [6.07, 6.45) is 3.25. The van der Waals surface area contributed by atoms with Gasteiger partial charge in [0.25, 0.3) is 0 Å². The molecule has 0 bridgehead atoms. The fourth-order valence-corrected chi connectivity index (χ4v) is 2.85. The van der Waals surface area contributed by atoms with Crippen molar-refractivity contribution in [2.24, 2.45) is 0 Å². The van der Waals surface area contributed by atoms with Gasteiger partial charge in [-0.3, -0.25) is 4.79 Å². The number of pyridine rings is 1. The molecule has 0 atom stereocenters. The second-order valence-electron chi connectivity index (χ2n) is 5.52. The highest BCUT2D eigenvalue weighted by atomic mass is 16.3. The van der Waals surface area contributed by atoms with Crippen LogP contribution in [0.25, 0.3) is 21.7 Å². The number of aromatic nitrogens is 1. The van der Waals surface area contributed by atoms with Crippen LogP contribution in [0.15, 0.2) is 65.4 Å². The van der Waals surface area contributed by atoms with Gasteiger partial charge in [0, 0.05) is 17.1 Å². The average Bonchev–Trinajstić information content (AvgIpc) is 3.00. The monoisotopic (exact) mass is 318 g/mol. The van der Waals surface area contributed by atoms with Gasteiger partial charge in [0.2, 0.25) is 5.91 Å². The summed E-state index contributed by atoms with van der Waals surface area (Å²) in [7, 11) is 0. The van der Waals surface area contributed by atoms with E-state index in [1.165, 1.54) is 12.3 Å². The SMILES string of the molecule is O=C(Cc1coc2ccc3ccccc3c12)Nc1ncccc1O. The zero-order valence-corrected chi connectivity index (χ0v) is 12.7. The Hall–Kier alpha value is -3.34. The van der Waals surface area contributed by atoms with Crippen molar-refractivity contribution in [3.63, 3.8) is 0 Å². The number of amides is 1. The fourth-order valence-electron chi connectivity index (χ4n) is 2.85. The lowest BCUT2D eigenvalue weighted by Crippen LogP contribution is -2.15. The molecule has 4 rings (SSSR count). The number of nitrogens with zero attached hydrogens (tertiary/aromatic N) is 1. The summed E-state index contributed by atoms with van der Waals surface area (Å²) in [5.41, 5.74) is 1.55. The van der Waals surface area contributed by atoms with Gasteiger partial charge in [0.1, 0.15) is 5.58 Å². The largest absolute Gasteiger partial charge is 0.504 e. The Labute approximate surface area is 137 Å². The van der Waals surface area contributed by atoms with Gasteiger partial charge < -0.3 is 14.8 Å². The van der Waals surface area contributed by atoms with Gasteiger partial charge in [-0.1, -0.05) is 30.3 Å². The van der Waals surface area contributed by atoms with E-state index in [0.29, 0.717) is 0 Å². The predicted molar refractivity (Wildman–Crippen MR) is 92.0 cm³/mol. The quantitative estimate of drug-likeness (QED) is 0.601. The number of hydrogen-bond acceptors (Lipinski definition) is 4. The Bertz CT molecular complexity index is 1050. The zero-order chi connectivity index (χ0) is 16.5. The van der Waals surface area contributed by atoms with Crippen molar-refractivity contribution in [1.82, 2.24) is 4.98 Å². The molecule has 2 aromatic carbocycles. The van der Waals surface area contributed by atoms with Crippen molar-refractivity contribution in [3.8, 4) is 5.75 Å². The van der Waals surface area contributed by atoms with Gasteiger partial charge in [0.05, 0.1) is 12.7 Å². The highest BCUT2D eigenvalue weighted by Gasteiger charge is 2.14. The highest BCUT2D eigenvalue weighted by Crippen LogP contribution is 2.30. The molecular weight excluding hydrogens is 304 g/mol. The van der Waals surface area contributed by atoms with Gasteiger partial charge in [-0.05, 0) is 29.0 Å². The fraction of sp³-hybridized carbons (Fsp3) is 0.0526. The van der Waals surface area contributed by atoms with Crippen molar-refractivity contribution in [2.45, 2.75) is 6.42 Å². The third kappa shape index (κ3) is 2.46. The molecule has 0 aliphatic carbocycles. The minimum Gasteiger partial charge on any atom is -0.504 e. The zero-order valence-electron chi connectivity index (χ0n) is 12.7. The van der Waals surface area contributed by atoms with Crippen LogP contribution in [0.5, 0.6) is 5.75 Å². The average molecular weight is 318 g/mol. The van der Waals surface area contributed by atoms with Gasteiger partial charge in [-0.15, -0.1) is 0 Å². The first-order valence-corrected chi connectivity index (χ1v) is 7.54. The molecule has 24 heavy (non-hydrogen) atoms. The molecule has 0 fully saturated rings. The standard InChI is InChI=1S/C19H14N2O3/c22-15-6-3-9-20-19(15)21-17(23)10-13-11-24-16-8-7-12-4-1-2-5-14(12)18(13)16/h1-9,11,22H,10H2,(H,20,21,23). The number of carbonyl (C=O) groups is 1. The van der Waals surface area contributed by atoms with Crippen LogP contribution >= 0.6 is 0 Å². The normalized spacial score (nSPS) is 11.0. The Kier molecular flexibility index (Phi) is 3.39. The van der Waals surface area contributed by atoms with Gasteiger partial charge in [-0.2, -0.15) is 0 Å². The Morgan fingerprint density at radius 1 is 1.12 bits per heavy atom. The van der Waals surface area contributed by atoms with Crippen molar-refractivity contribution < 1.29 is 14.3 Å². The number of hydrogen-bond donors (Lipinski definition) is 2. The molecule has 0 radical (unpaired) electrons. The lowest BCUT2D eigenvalue weighted by molar-refractivity contribution is -0.115. The highest BCUT2D eigenvalue weighted by molar-refractivity contribution is 6.09. The lowest BCUT2D eigenvalue weighted by Gasteiger charge is -2.06. The van der Waals surface area contributed by atoms with Crippen LogP contribution in [0.4, 0.5) is 5.82 Å². The maximum absolute atomic E-state index is 12.3. The number of fused-ring (bicyclic) bond motifs is 3. The van der Waals surface area contributed by atoms with E-state index < -0.39 is 0 Å². The molecule has 0 unspecified atom stereocenters. The summed E-state index contributed by atoms with van der Waals surface area (Å²) in [6, 6.07) is 15.0. The second kappa shape index (κ2) is 5.70. The summed E-state index contributed by atoms with van der Waals surface area (Å²) in [6.45, 7) is 0. The molecule has 4 aromatic rings. The number of furan rings is 1. The van der Waals surface area contributed by atoms with E-state index in [2.05, 4.69) is 10.3 Å². The van der Waals surface area contributed by atoms with E-state index in [1.54, 1.807) is 12.3 Å². The minimum atomic E-state index is -0.264. The van der Waals surface area contributed by atoms with Crippen LogP contribution in [-0.4, -0.2) is 16.0 Å². The van der Waals surface area contributed by atoms with Crippen molar-refractivity contribution in [1.29, 1.82) is 0 Å². The topological polar surface area (TPSA) is 75.4 Å². The van der Waals surface area contributed by atoms with Crippen LogP contribution in [0, 0.1) is 0 Å². The van der Waals surface area contributed by atoms with Crippen molar-refractivity contribution in [3.05, 3.63) is 66.6 Å². The predicted octanol–water partition coefficient (Wildman–Crippen LogP) is 3.87. The smallest absolute Gasteiger partial charge is 0.230 e. The number of aromatic hydroxyl groups is 1. The number of carbonyl (C=O) groups excluding carboxylic acids is 1. The molecule has 2 N–H and O–H groups in total. The molecule has 2 aromatic heterocycles. The molecule has 2 heterocycles. The maximum Gasteiger partial charge on any atom is 0.230 e. The molecule has 118 valence electrons. The van der Waals surface area contributed by atoms with Crippen LogP contribution in [-0.2, 0) is 11.2 Å². The minimum absolute atomic E-state index is 0.0617. The van der Waals surface area contributed by atoms with Crippen molar-refractivity contribution >= 4 is 33.5 Å². The maximum atomic E-state index is 12.3. The van der Waals surface area contributed by atoms with Gasteiger partial charge >= 0.3 is 0 Å². The Morgan fingerprint density at radius 3 is 2.88 bits per heavy atom. The van der Waals surface area contributed by atoms with E-state index in [0.717, 1.165) is 27.3 Å². The number of benzene rings is 2. The number of rotatable bonds is 3. The number of anilines is 1. The lowest BCUT2D eigenvalue weighted by atomic mass is 10.0. The molecular formula is C19H14N2O3. The Morgan fingerprint density at radius 2 is 2.00 bits per heavy atom. The third-order valence-electron chi connectivity index (χ3n) is 3.94. The van der Waals surface area contributed by atoms with E-state index in [4.69, 9.17) is 4.42 Å². The first-order chi connectivity index (χ1) is 11.7. The summed E-state index contributed by atoms with van der Waals surface area (Å²) in [5, 5.41) is 15.4. The Balaban J connectivity index is 1.68. The van der Waals surface area contributed by atoms with Gasteiger partial charge in [0.15, 0.2) is 11.6 Å². The van der Waals surface area contributed by atoms with E-state index in [-0.39, 0.29) is 23.9 Å². The van der Waals surface area contributed by atoms with Crippen LogP contribution in [0.1, 0.15) is 5.56 Å². The van der Waals surface area contributed by atoms with Crippen LogP contribution in [0.2, 0.25) is 0 Å². The van der Waals surface area contributed by atoms with Gasteiger partial charge in [-0.25, -0.2) is 4.98 Å². The molecule has 0 aliphatic rings. The molecule has 0 aliphatic heterocycles. The summed E-state index contributed by atoms with van der Waals surface area (Å²) >= 11 is 0. The first-order valence-electron chi connectivity index (χ1n) is 7.54. The van der Waals surface area contributed by atoms with E-state index >= 15 is 0 Å². The molecule has 1 amide bonds. The molecule has 0 saturated carbocycles. The van der Waals surface area contributed by atoms with E-state index in [9.17, 15) is 9.90 Å². The summed E-state index contributed by atoms with van der Waals surface area (Å²) < 4.78 is 5.59. The van der Waals surface area contributed by atoms with Crippen molar-refractivity contribution in [2.75, 3.05) is 5.32 Å². The van der Waals surface area contributed by atoms with E-state index in [1.807, 2.05) is 36.4 Å². The molecule has 0 saturated heterocycles. The molecule has 5 nitrogen and oxygen atoms in total. The number of nitrogens with one attached hydrogen (secondary N) is 1. The second-order valence-corrected chi connectivity index (χ2v) is 5.52.